The molecule has 0 amide bonds. The summed E-state index contributed by atoms with van der Waals surface area (Å²) in [6, 6.07) is 7.69. The van der Waals surface area contributed by atoms with Gasteiger partial charge in [-0.3, -0.25) is 0 Å². The predicted molar refractivity (Wildman–Crippen MR) is 95.5 cm³/mol. The van der Waals surface area contributed by atoms with Crippen LogP contribution >= 0.6 is 0 Å². The van der Waals surface area contributed by atoms with Gasteiger partial charge in [-0.05, 0) is 38.6 Å². The molecule has 5 heteroatoms. The van der Waals surface area contributed by atoms with Crippen molar-refractivity contribution in [1.82, 2.24) is 0 Å². The lowest BCUT2D eigenvalue weighted by molar-refractivity contribution is -0.177. The maximum Gasteiger partial charge on any atom is 0.353 e. The van der Waals surface area contributed by atoms with Crippen molar-refractivity contribution in [2.75, 3.05) is 13.2 Å². The molecule has 0 saturated carbocycles. The number of hydrogen-bond donors (Lipinski definition) is 0. The van der Waals surface area contributed by atoms with Crippen molar-refractivity contribution >= 4 is 15.0 Å². The standard InChI is InChI=1S/C18H30O4Si/c1-8-20-16(19)18(17(3,4)5,13-21-23(6)7)22-15-12-10-9-11-14(15)2/h9-12,23H,8,13H2,1-7H3. The van der Waals surface area contributed by atoms with Crippen LogP contribution in [0.5, 0.6) is 5.75 Å². The van der Waals surface area contributed by atoms with Crippen LogP contribution in [0.3, 0.4) is 0 Å². The number of carbonyl (C=O) groups is 1. The summed E-state index contributed by atoms with van der Waals surface area (Å²) in [6.45, 7) is 14.4. The van der Waals surface area contributed by atoms with Gasteiger partial charge in [-0.2, -0.15) is 0 Å². The fourth-order valence-corrected chi connectivity index (χ4v) is 2.76. The molecule has 0 saturated heterocycles. The molecule has 0 radical (unpaired) electrons. The lowest BCUT2D eigenvalue weighted by Gasteiger charge is -2.42. The SMILES string of the molecule is CCOC(=O)C(CO[SiH](C)C)(Oc1ccccc1C)C(C)(C)C. The first kappa shape index (κ1) is 19.7. The molecule has 1 aromatic carbocycles. The second-order valence-corrected chi connectivity index (χ2v) is 9.46. The van der Waals surface area contributed by atoms with E-state index in [4.69, 9.17) is 13.9 Å². The van der Waals surface area contributed by atoms with E-state index >= 15 is 0 Å². The number of rotatable bonds is 7. The van der Waals surface area contributed by atoms with Gasteiger partial charge in [0, 0.05) is 5.41 Å². The topological polar surface area (TPSA) is 44.8 Å². The third-order valence-corrected chi connectivity index (χ3v) is 4.65. The van der Waals surface area contributed by atoms with Gasteiger partial charge in [-0.1, -0.05) is 39.0 Å². The van der Waals surface area contributed by atoms with Crippen LogP contribution in [0.15, 0.2) is 24.3 Å². The molecule has 0 fully saturated rings. The number of aryl methyl sites for hydroxylation is 1. The molecule has 0 aliphatic rings. The highest BCUT2D eigenvalue weighted by molar-refractivity contribution is 6.48. The Morgan fingerprint density at radius 3 is 2.26 bits per heavy atom. The zero-order valence-electron chi connectivity index (χ0n) is 15.4. The number of carbonyl (C=O) groups excluding carboxylic acids is 1. The molecule has 4 nitrogen and oxygen atoms in total. The fraction of sp³-hybridized carbons (Fsp3) is 0.611. The predicted octanol–water partition coefficient (Wildman–Crippen LogP) is 3.72. The largest absolute Gasteiger partial charge is 0.472 e. The Morgan fingerprint density at radius 2 is 1.78 bits per heavy atom. The highest BCUT2D eigenvalue weighted by Gasteiger charge is 2.53. The Labute approximate surface area is 141 Å². The average Bonchev–Trinajstić information content (AvgIpc) is 2.44. The van der Waals surface area contributed by atoms with Gasteiger partial charge < -0.3 is 13.9 Å². The van der Waals surface area contributed by atoms with E-state index in [2.05, 4.69) is 13.1 Å². The van der Waals surface area contributed by atoms with Crippen molar-refractivity contribution in [3.05, 3.63) is 29.8 Å². The molecule has 23 heavy (non-hydrogen) atoms. The molecule has 0 spiro atoms. The smallest absolute Gasteiger partial charge is 0.353 e. The summed E-state index contributed by atoms with van der Waals surface area (Å²) in [4.78, 5) is 12.8. The summed E-state index contributed by atoms with van der Waals surface area (Å²) in [6.07, 6.45) is 0. The minimum Gasteiger partial charge on any atom is -0.472 e. The van der Waals surface area contributed by atoms with Gasteiger partial charge in [-0.25, -0.2) is 4.79 Å². The Hall–Kier alpha value is -1.33. The summed E-state index contributed by atoms with van der Waals surface area (Å²) in [5.41, 5.74) is -0.677. The molecule has 0 aromatic heterocycles. The summed E-state index contributed by atoms with van der Waals surface area (Å²) < 4.78 is 17.6. The van der Waals surface area contributed by atoms with Crippen LogP contribution in [0, 0.1) is 12.3 Å². The van der Waals surface area contributed by atoms with Gasteiger partial charge in [0.2, 0.25) is 5.60 Å². The van der Waals surface area contributed by atoms with E-state index in [0.29, 0.717) is 12.4 Å². The summed E-state index contributed by atoms with van der Waals surface area (Å²) in [7, 11) is -1.31. The molecule has 0 aliphatic carbocycles. The van der Waals surface area contributed by atoms with Crippen LogP contribution in [0.2, 0.25) is 13.1 Å². The fourth-order valence-electron chi connectivity index (χ4n) is 2.20. The molecule has 1 atom stereocenters. The quantitative estimate of drug-likeness (QED) is 0.561. The molecule has 0 aliphatic heterocycles. The monoisotopic (exact) mass is 338 g/mol. The van der Waals surface area contributed by atoms with Crippen LogP contribution < -0.4 is 4.74 Å². The van der Waals surface area contributed by atoms with Crippen LogP contribution in [0.4, 0.5) is 0 Å². The number of ether oxygens (including phenoxy) is 2. The zero-order valence-corrected chi connectivity index (χ0v) is 16.6. The Morgan fingerprint density at radius 1 is 1.17 bits per heavy atom. The third kappa shape index (κ3) is 4.82. The van der Waals surface area contributed by atoms with E-state index in [1.54, 1.807) is 6.92 Å². The van der Waals surface area contributed by atoms with Gasteiger partial charge in [0.1, 0.15) is 5.75 Å². The van der Waals surface area contributed by atoms with Gasteiger partial charge in [0.05, 0.1) is 13.2 Å². The van der Waals surface area contributed by atoms with Crippen molar-refractivity contribution in [3.8, 4) is 5.75 Å². The molecule has 130 valence electrons. The zero-order chi connectivity index (χ0) is 17.7. The van der Waals surface area contributed by atoms with Gasteiger partial charge in [-0.15, -0.1) is 0 Å². The lowest BCUT2D eigenvalue weighted by atomic mass is 9.76. The lowest BCUT2D eigenvalue weighted by Crippen LogP contribution is -2.59. The van der Waals surface area contributed by atoms with E-state index in [0.717, 1.165) is 5.56 Å². The van der Waals surface area contributed by atoms with Gasteiger partial charge in [0.15, 0.2) is 9.04 Å². The number of para-hydroxylation sites is 1. The highest BCUT2D eigenvalue weighted by atomic mass is 28.3. The van der Waals surface area contributed by atoms with Gasteiger partial charge >= 0.3 is 5.97 Å². The Bertz CT molecular complexity index is 522. The number of benzene rings is 1. The Balaban J connectivity index is 3.30. The van der Waals surface area contributed by atoms with Crippen LogP contribution in [-0.2, 0) is 14.0 Å². The van der Waals surface area contributed by atoms with Crippen molar-refractivity contribution in [1.29, 1.82) is 0 Å². The summed E-state index contributed by atoms with van der Waals surface area (Å²) >= 11 is 0. The molecular formula is C18H30O4Si. The first-order chi connectivity index (χ1) is 10.6. The van der Waals surface area contributed by atoms with Crippen LogP contribution in [-0.4, -0.2) is 33.8 Å². The number of hydrogen-bond acceptors (Lipinski definition) is 4. The van der Waals surface area contributed by atoms with E-state index in [1.165, 1.54) is 0 Å². The first-order valence-electron chi connectivity index (χ1n) is 8.17. The molecule has 1 rings (SSSR count). The number of esters is 1. The summed E-state index contributed by atoms with van der Waals surface area (Å²) in [5, 5.41) is 0. The minimum atomic E-state index is -1.31. The molecule has 1 unspecified atom stereocenters. The third-order valence-electron chi connectivity index (χ3n) is 3.81. The molecule has 0 bridgehead atoms. The maximum absolute atomic E-state index is 12.8. The van der Waals surface area contributed by atoms with Crippen LogP contribution in [0.1, 0.15) is 33.3 Å². The van der Waals surface area contributed by atoms with Gasteiger partial charge in [0.25, 0.3) is 0 Å². The molecule has 1 aromatic rings. The summed E-state index contributed by atoms with van der Waals surface area (Å²) in [5.74, 6) is 0.315. The molecule has 0 N–H and O–H groups in total. The van der Waals surface area contributed by atoms with E-state index in [1.807, 2.05) is 52.0 Å². The first-order valence-corrected chi connectivity index (χ1v) is 11.0. The van der Waals surface area contributed by atoms with Crippen LogP contribution in [0.25, 0.3) is 0 Å². The maximum atomic E-state index is 12.8. The Kier molecular flexibility index (Phi) is 6.83. The second-order valence-electron chi connectivity index (χ2n) is 7.02. The van der Waals surface area contributed by atoms with Crippen molar-refractivity contribution < 1.29 is 18.7 Å². The normalized spacial score (nSPS) is 14.4. The molecular weight excluding hydrogens is 308 g/mol. The minimum absolute atomic E-state index is 0.202. The van der Waals surface area contributed by atoms with E-state index < -0.39 is 20.1 Å². The van der Waals surface area contributed by atoms with E-state index in [-0.39, 0.29) is 12.6 Å². The van der Waals surface area contributed by atoms with Crippen molar-refractivity contribution in [2.45, 2.75) is 53.3 Å². The second kappa shape index (κ2) is 7.97. The van der Waals surface area contributed by atoms with Crippen molar-refractivity contribution in [2.24, 2.45) is 5.41 Å². The average molecular weight is 339 g/mol. The van der Waals surface area contributed by atoms with Crippen molar-refractivity contribution in [3.63, 3.8) is 0 Å². The van der Waals surface area contributed by atoms with E-state index in [9.17, 15) is 4.79 Å². The molecule has 0 heterocycles. The highest BCUT2D eigenvalue weighted by Crippen LogP contribution is 2.38.